The average Bonchev–Trinajstić information content (AvgIpc) is 3.22. The Balaban J connectivity index is 1.25. The Kier molecular flexibility index (Phi) is 8.10. The lowest BCUT2D eigenvalue weighted by Crippen LogP contribution is -2.43. The second-order valence-electron chi connectivity index (χ2n) is 7.57. The zero-order valence-corrected chi connectivity index (χ0v) is 16.9. The first kappa shape index (κ1) is 20.9. The Morgan fingerprint density at radius 1 is 1.03 bits per heavy atom. The SMILES string of the molecule is O=C(CCCNC(=O)NC1CCCCC1)NCCc1cnn(-c2ccccc2)c1. The highest BCUT2D eigenvalue weighted by atomic mass is 16.2. The molecule has 3 N–H and O–H groups in total. The summed E-state index contributed by atoms with van der Waals surface area (Å²) in [6, 6.07) is 10.1. The molecule has 7 nitrogen and oxygen atoms in total. The zero-order chi connectivity index (χ0) is 20.3. The van der Waals surface area contributed by atoms with Crippen LogP contribution in [0.25, 0.3) is 5.69 Å². The summed E-state index contributed by atoms with van der Waals surface area (Å²) in [6.07, 6.45) is 11.4. The summed E-state index contributed by atoms with van der Waals surface area (Å²) in [5.41, 5.74) is 2.10. The second kappa shape index (κ2) is 11.2. The fourth-order valence-corrected chi connectivity index (χ4v) is 3.58. The van der Waals surface area contributed by atoms with Gasteiger partial charge in [0.2, 0.25) is 5.91 Å². The average molecular weight is 398 g/mol. The number of urea groups is 1. The van der Waals surface area contributed by atoms with Gasteiger partial charge in [-0.15, -0.1) is 0 Å². The molecule has 0 bridgehead atoms. The fraction of sp³-hybridized carbons (Fsp3) is 0.500. The summed E-state index contributed by atoms with van der Waals surface area (Å²) >= 11 is 0. The van der Waals surface area contributed by atoms with Crippen molar-refractivity contribution in [3.05, 3.63) is 48.3 Å². The number of nitrogens with one attached hydrogen (secondary N) is 3. The largest absolute Gasteiger partial charge is 0.356 e. The van der Waals surface area contributed by atoms with Gasteiger partial charge >= 0.3 is 6.03 Å². The van der Waals surface area contributed by atoms with E-state index in [1.165, 1.54) is 19.3 Å². The number of aromatic nitrogens is 2. The summed E-state index contributed by atoms with van der Waals surface area (Å²) < 4.78 is 1.83. The fourth-order valence-electron chi connectivity index (χ4n) is 3.58. The van der Waals surface area contributed by atoms with Crippen LogP contribution >= 0.6 is 0 Å². The van der Waals surface area contributed by atoms with Crippen LogP contribution in [0.4, 0.5) is 4.79 Å². The van der Waals surface area contributed by atoms with Crippen molar-refractivity contribution in [3.63, 3.8) is 0 Å². The lowest BCUT2D eigenvalue weighted by molar-refractivity contribution is -0.121. The van der Waals surface area contributed by atoms with Crippen LogP contribution in [0.1, 0.15) is 50.5 Å². The van der Waals surface area contributed by atoms with E-state index in [1.54, 1.807) is 0 Å². The van der Waals surface area contributed by atoms with Crippen LogP contribution in [-0.4, -0.2) is 40.9 Å². The van der Waals surface area contributed by atoms with Crippen LogP contribution in [0.3, 0.4) is 0 Å². The summed E-state index contributed by atoms with van der Waals surface area (Å²) in [5.74, 6) is 0.00920. The van der Waals surface area contributed by atoms with Crippen molar-refractivity contribution in [1.29, 1.82) is 0 Å². The monoisotopic (exact) mass is 397 g/mol. The molecule has 2 aromatic rings. The Morgan fingerprint density at radius 2 is 1.83 bits per heavy atom. The number of para-hydroxylation sites is 1. The van der Waals surface area contributed by atoms with E-state index in [4.69, 9.17) is 0 Å². The molecule has 29 heavy (non-hydrogen) atoms. The first-order chi connectivity index (χ1) is 14.2. The standard InChI is InChI=1S/C22H31N5O2/c28-21(12-7-14-24-22(29)26-19-8-3-1-4-9-19)23-15-13-18-16-25-27(17-18)20-10-5-2-6-11-20/h2,5-6,10-11,16-17,19H,1,3-4,7-9,12-15H2,(H,23,28)(H2,24,26,29). The molecule has 0 unspecified atom stereocenters. The summed E-state index contributed by atoms with van der Waals surface area (Å²) in [4.78, 5) is 23.8. The van der Waals surface area contributed by atoms with Crippen LogP contribution < -0.4 is 16.0 Å². The van der Waals surface area contributed by atoms with Crippen LogP contribution in [0.15, 0.2) is 42.7 Å². The number of benzene rings is 1. The first-order valence-electron chi connectivity index (χ1n) is 10.6. The van der Waals surface area contributed by atoms with Crippen molar-refractivity contribution in [2.45, 2.75) is 57.4 Å². The summed E-state index contributed by atoms with van der Waals surface area (Å²) in [7, 11) is 0. The molecule has 7 heteroatoms. The highest BCUT2D eigenvalue weighted by molar-refractivity contribution is 5.76. The Hall–Kier alpha value is -2.83. The van der Waals surface area contributed by atoms with E-state index in [9.17, 15) is 9.59 Å². The number of hydrogen-bond acceptors (Lipinski definition) is 3. The maximum absolute atomic E-state index is 12.0. The molecule has 0 atom stereocenters. The van der Waals surface area contributed by atoms with E-state index < -0.39 is 0 Å². The van der Waals surface area contributed by atoms with Gasteiger partial charge in [0.1, 0.15) is 0 Å². The van der Waals surface area contributed by atoms with Crippen LogP contribution in [0.5, 0.6) is 0 Å². The minimum atomic E-state index is -0.118. The van der Waals surface area contributed by atoms with Gasteiger partial charge in [-0.1, -0.05) is 37.5 Å². The van der Waals surface area contributed by atoms with Gasteiger partial charge in [0.25, 0.3) is 0 Å². The molecule has 0 aliphatic heterocycles. The van der Waals surface area contributed by atoms with E-state index in [2.05, 4.69) is 21.0 Å². The van der Waals surface area contributed by atoms with Gasteiger partial charge in [0, 0.05) is 31.7 Å². The molecule has 1 aromatic heterocycles. The quantitative estimate of drug-likeness (QED) is 0.569. The van der Waals surface area contributed by atoms with E-state index in [-0.39, 0.29) is 11.9 Å². The van der Waals surface area contributed by atoms with Crippen molar-refractivity contribution < 1.29 is 9.59 Å². The van der Waals surface area contributed by atoms with Crippen molar-refractivity contribution in [3.8, 4) is 5.69 Å². The molecule has 1 aromatic carbocycles. The van der Waals surface area contributed by atoms with Gasteiger partial charge in [-0.25, -0.2) is 9.48 Å². The minimum absolute atomic E-state index is 0.00920. The molecule has 1 saturated carbocycles. The molecule has 1 aliphatic carbocycles. The molecular weight excluding hydrogens is 366 g/mol. The predicted octanol–water partition coefficient (Wildman–Crippen LogP) is 2.94. The number of carbonyl (C=O) groups is 2. The second-order valence-corrected chi connectivity index (χ2v) is 7.57. The van der Waals surface area contributed by atoms with E-state index in [0.717, 1.165) is 30.5 Å². The topological polar surface area (TPSA) is 88.1 Å². The highest BCUT2D eigenvalue weighted by Gasteiger charge is 2.15. The van der Waals surface area contributed by atoms with Crippen molar-refractivity contribution in [2.75, 3.05) is 13.1 Å². The third-order valence-electron chi connectivity index (χ3n) is 5.20. The summed E-state index contributed by atoms with van der Waals surface area (Å²) in [6.45, 7) is 1.09. The lowest BCUT2D eigenvalue weighted by atomic mass is 9.96. The molecule has 3 rings (SSSR count). The Morgan fingerprint density at radius 3 is 2.62 bits per heavy atom. The Labute approximate surface area is 172 Å². The van der Waals surface area contributed by atoms with Crippen molar-refractivity contribution in [2.24, 2.45) is 0 Å². The van der Waals surface area contributed by atoms with E-state index in [0.29, 0.717) is 32.0 Å². The van der Waals surface area contributed by atoms with Gasteiger partial charge in [-0.2, -0.15) is 5.10 Å². The van der Waals surface area contributed by atoms with Crippen LogP contribution in [0, 0.1) is 0 Å². The normalized spacial score (nSPS) is 14.3. The van der Waals surface area contributed by atoms with Gasteiger partial charge in [-0.3, -0.25) is 4.79 Å². The number of nitrogens with zero attached hydrogens (tertiary/aromatic N) is 2. The maximum atomic E-state index is 12.0. The Bertz CT molecular complexity index is 769. The zero-order valence-electron chi connectivity index (χ0n) is 16.9. The molecule has 0 spiro atoms. The van der Waals surface area contributed by atoms with Crippen molar-refractivity contribution >= 4 is 11.9 Å². The molecule has 0 radical (unpaired) electrons. The molecule has 156 valence electrons. The minimum Gasteiger partial charge on any atom is -0.356 e. The molecule has 0 saturated heterocycles. The number of hydrogen-bond donors (Lipinski definition) is 3. The molecule has 1 heterocycles. The number of amides is 3. The van der Waals surface area contributed by atoms with Gasteiger partial charge < -0.3 is 16.0 Å². The van der Waals surface area contributed by atoms with Gasteiger partial charge in [-0.05, 0) is 43.4 Å². The number of carbonyl (C=O) groups excluding carboxylic acids is 2. The predicted molar refractivity (Wildman–Crippen MR) is 113 cm³/mol. The van der Waals surface area contributed by atoms with Crippen LogP contribution in [-0.2, 0) is 11.2 Å². The van der Waals surface area contributed by atoms with Crippen LogP contribution in [0.2, 0.25) is 0 Å². The van der Waals surface area contributed by atoms with E-state index in [1.807, 2.05) is 47.4 Å². The lowest BCUT2D eigenvalue weighted by Gasteiger charge is -2.22. The first-order valence-corrected chi connectivity index (χ1v) is 10.6. The maximum Gasteiger partial charge on any atom is 0.315 e. The number of rotatable bonds is 9. The highest BCUT2D eigenvalue weighted by Crippen LogP contribution is 2.17. The molecule has 1 fully saturated rings. The molecule has 1 aliphatic rings. The molecule has 3 amide bonds. The third kappa shape index (κ3) is 7.25. The summed E-state index contributed by atoms with van der Waals surface area (Å²) in [5, 5.41) is 13.1. The van der Waals surface area contributed by atoms with Gasteiger partial charge in [0.05, 0.1) is 11.9 Å². The van der Waals surface area contributed by atoms with E-state index >= 15 is 0 Å². The smallest absolute Gasteiger partial charge is 0.315 e. The van der Waals surface area contributed by atoms with Crippen molar-refractivity contribution in [1.82, 2.24) is 25.7 Å². The molecular formula is C22H31N5O2. The van der Waals surface area contributed by atoms with Gasteiger partial charge in [0.15, 0.2) is 0 Å². The third-order valence-corrected chi connectivity index (χ3v) is 5.20.